The molecule has 2 amide bonds. The van der Waals surface area contributed by atoms with Gasteiger partial charge in [0.05, 0.1) is 6.61 Å². The summed E-state index contributed by atoms with van der Waals surface area (Å²) in [6, 6.07) is 5.28. The number of likely N-dealkylation sites (tertiary alicyclic amines) is 2. The molecular weight excluding hydrogens is 397 g/mol. The maximum Gasteiger partial charge on any atom is 0.409 e. The number of rotatable bonds is 3. The summed E-state index contributed by atoms with van der Waals surface area (Å²) in [6.45, 7) is 7.98. The predicted molar refractivity (Wildman–Crippen MR) is 120 cm³/mol. The Morgan fingerprint density at radius 1 is 1.23 bits per heavy atom. The van der Waals surface area contributed by atoms with E-state index in [0.717, 1.165) is 63.1 Å². The first kappa shape index (κ1) is 21.8. The van der Waals surface area contributed by atoms with Gasteiger partial charge in [-0.25, -0.2) is 9.18 Å². The molecule has 0 aliphatic carbocycles. The first-order chi connectivity index (χ1) is 15.0. The SMILES string of the molecule is C/C=C/C(=O)N1CC2(CCN(C3CCN(C(=O)OCC)CC3)CC2)c2cc(F)ccc21.[HH]. The molecule has 0 N–H and O–H groups in total. The van der Waals surface area contributed by atoms with Gasteiger partial charge in [-0.15, -0.1) is 0 Å². The Hall–Kier alpha value is -2.41. The van der Waals surface area contributed by atoms with E-state index in [2.05, 4.69) is 4.90 Å². The van der Waals surface area contributed by atoms with Crippen LogP contribution in [0.5, 0.6) is 0 Å². The number of allylic oxidation sites excluding steroid dienone is 1. The highest BCUT2D eigenvalue weighted by Crippen LogP contribution is 2.47. The van der Waals surface area contributed by atoms with Crippen molar-refractivity contribution in [1.29, 1.82) is 0 Å². The number of hydrogen-bond acceptors (Lipinski definition) is 4. The van der Waals surface area contributed by atoms with Crippen LogP contribution in [0.3, 0.4) is 0 Å². The summed E-state index contributed by atoms with van der Waals surface area (Å²) in [7, 11) is 0. The Morgan fingerprint density at radius 2 is 1.94 bits per heavy atom. The third-order valence-corrected chi connectivity index (χ3v) is 7.12. The third kappa shape index (κ3) is 4.20. The molecule has 31 heavy (non-hydrogen) atoms. The summed E-state index contributed by atoms with van der Waals surface area (Å²) >= 11 is 0. The number of halogens is 1. The van der Waals surface area contributed by atoms with Gasteiger partial charge in [0.1, 0.15) is 5.82 Å². The van der Waals surface area contributed by atoms with E-state index in [1.165, 1.54) is 6.07 Å². The van der Waals surface area contributed by atoms with Crippen LogP contribution in [0.1, 0.15) is 46.5 Å². The zero-order chi connectivity index (χ0) is 22.0. The molecular formula is C24H34FN3O3. The van der Waals surface area contributed by atoms with Crippen molar-refractivity contribution in [3.63, 3.8) is 0 Å². The fraction of sp³-hybridized carbons (Fsp3) is 0.583. The van der Waals surface area contributed by atoms with Crippen LogP contribution in [-0.2, 0) is 14.9 Å². The normalized spacial score (nSPS) is 21.6. The van der Waals surface area contributed by atoms with Gasteiger partial charge in [-0.05, 0) is 82.5 Å². The number of nitrogens with zero attached hydrogens (tertiary/aromatic N) is 3. The number of carbonyl (C=O) groups is 2. The summed E-state index contributed by atoms with van der Waals surface area (Å²) < 4.78 is 19.3. The number of benzene rings is 1. The highest BCUT2D eigenvalue weighted by Gasteiger charge is 2.47. The molecule has 0 radical (unpaired) electrons. The van der Waals surface area contributed by atoms with E-state index < -0.39 is 0 Å². The van der Waals surface area contributed by atoms with Crippen LogP contribution in [0.4, 0.5) is 14.9 Å². The lowest BCUT2D eigenvalue weighted by molar-refractivity contribution is -0.114. The molecule has 2 fully saturated rings. The van der Waals surface area contributed by atoms with E-state index in [0.29, 0.717) is 19.2 Å². The fourth-order valence-electron chi connectivity index (χ4n) is 5.44. The zero-order valence-corrected chi connectivity index (χ0v) is 18.5. The van der Waals surface area contributed by atoms with Crippen molar-refractivity contribution in [3.05, 3.63) is 41.7 Å². The van der Waals surface area contributed by atoms with E-state index in [-0.39, 0.29) is 24.7 Å². The Bertz CT molecular complexity index is 862. The van der Waals surface area contributed by atoms with Crippen LogP contribution < -0.4 is 4.90 Å². The lowest BCUT2D eigenvalue weighted by Crippen LogP contribution is -2.52. The molecule has 6 nitrogen and oxygen atoms in total. The average molecular weight is 432 g/mol. The maximum atomic E-state index is 14.1. The van der Waals surface area contributed by atoms with Crippen molar-refractivity contribution in [2.24, 2.45) is 0 Å². The predicted octanol–water partition coefficient (Wildman–Crippen LogP) is 3.95. The Labute approximate surface area is 185 Å². The van der Waals surface area contributed by atoms with Crippen LogP contribution >= 0.6 is 0 Å². The summed E-state index contributed by atoms with van der Waals surface area (Å²) in [5, 5.41) is 0. The monoisotopic (exact) mass is 431 g/mol. The number of carbonyl (C=O) groups excluding carboxylic acids is 2. The largest absolute Gasteiger partial charge is 0.450 e. The first-order valence-electron chi connectivity index (χ1n) is 11.4. The zero-order valence-electron chi connectivity index (χ0n) is 18.5. The van der Waals surface area contributed by atoms with Gasteiger partial charge in [-0.2, -0.15) is 0 Å². The van der Waals surface area contributed by atoms with Gasteiger partial charge < -0.3 is 19.4 Å². The smallest absolute Gasteiger partial charge is 0.409 e. The highest BCUT2D eigenvalue weighted by molar-refractivity contribution is 6.03. The van der Waals surface area contributed by atoms with Gasteiger partial charge in [0.25, 0.3) is 5.91 Å². The molecule has 7 heteroatoms. The van der Waals surface area contributed by atoms with Crippen molar-refractivity contribution in [3.8, 4) is 0 Å². The molecule has 0 atom stereocenters. The van der Waals surface area contributed by atoms with Crippen LogP contribution in [0.25, 0.3) is 0 Å². The minimum absolute atomic E-state index is 0. The molecule has 0 saturated carbocycles. The Morgan fingerprint density at radius 3 is 2.58 bits per heavy atom. The van der Waals surface area contributed by atoms with Gasteiger partial charge in [-0.3, -0.25) is 4.79 Å². The van der Waals surface area contributed by atoms with E-state index in [4.69, 9.17) is 4.74 Å². The van der Waals surface area contributed by atoms with Crippen molar-refractivity contribution in [2.75, 3.05) is 44.2 Å². The van der Waals surface area contributed by atoms with E-state index in [9.17, 15) is 14.0 Å². The summed E-state index contributed by atoms with van der Waals surface area (Å²) in [5.41, 5.74) is 1.64. The standard InChI is InChI=1S/C24H32FN3O3.H2/c1-3-5-22(29)28-17-24(20-16-18(25)6-7-21(20)28)10-14-26(15-11-24)19-8-12-27(13-9-19)23(30)31-4-2;/h3,5-7,16,19H,4,8-15,17H2,1-2H3;1H/b5-3+;. The third-order valence-electron chi connectivity index (χ3n) is 7.12. The molecule has 3 aliphatic heterocycles. The molecule has 2 saturated heterocycles. The van der Waals surface area contributed by atoms with Gasteiger partial charge in [0.15, 0.2) is 0 Å². The fourth-order valence-corrected chi connectivity index (χ4v) is 5.44. The van der Waals surface area contributed by atoms with Gasteiger partial charge in [0.2, 0.25) is 0 Å². The molecule has 0 unspecified atom stereocenters. The Kier molecular flexibility index (Phi) is 6.32. The minimum Gasteiger partial charge on any atom is -0.450 e. The summed E-state index contributed by atoms with van der Waals surface area (Å²) in [5.74, 6) is -0.284. The molecule has 1 aromatic rings. The summed E-state index contributed by atoms with van der Waals surface area (Å²) in [4.78, 5) is 30.7. The second-order valence-corrected chi connectivity index (χ2v) is 8.82. The first-order valence-corrected chi connectivity index (χ1v) is 11.4. The molecule has 0 bridgehead atoms. The minimum atomic E-state index is -0.243. The Balaban J connectivity index is 0.00000289. The van der Waals surface area contributed by atoms with Crippen molar-refractivity contribution in [1.82, 2.24) is 9.80 Å². The number of ether oxygens (including phenoxy) is 1. The molecule has 4 rings (SSSR count). The second kappa shape index (κ2) is 8.99. The van der Waals surface area contributed by atoms with Crippen molar-refractivity contribution >= 4 is 17.7 Å². The van der Waals surface area contributed by atoms with Crippen LogP contribution in [0.2, 0.25) is 0 Å². The van der Waals surface area contributed by atoms with E-state index >= 15 is 0 Å². The molecule has 3 aliphatic rings. The number of piperidine rings is 2. The maximum absolute atomic E-state index is 14.1. The topological polar surface area (TPSA) is 53.1 Å². The molecule has 0 aromatic heterocycles. The van der Waals surface area contributed by atoms with E-state index in [1.807, 2.05) is 18.7 Å². The van der Waals surface area contributed by atoms with Gasteiger partial charge in [0, 0.05) is 38.2 Å². The van der Waals surface area contributed by atoms with Gasteiger partial charge in [-0.1, -0.05) is 6.08 Å². The van der Waals surface area contributed by atoms with Crippen molar-refractivity contribution in [2.45, 2.75) is 51.0 Å². The van der Waals surface area contributed by atoms with Gasteiger partial charge >= 0.3 is 6.09 Å². The number of anilines is 1. The van der Waals surface area contributed by atoms with Crippen LogP contribution in [0.15, 0.2) is 30.4 Å². The van der Waals surface area contributed by atoms with Crippen LogP contribution in [0, 0.1) is 5.82 Å². The molecule has 170 valence electrons. The van der Waals surface area contributed by atoms with Crippen molar-refractivity contribution < 1.29 is 20.1 Å². The number of hydrogen-bond donors (Lipinski definition) is 0. The number of fused-ring (bicyclic) bond motifs is 2. The van der Waals surface area contributed by atoms with Crippen LogP contribution in [-0.4, -0.2) is 67.2 Å². The second-order valence-electron chi connectivity index (χ2n) is 8.82. The average Bonchev–Trinajstić information content (AvgIpc) is 3.08. The molecule has 1 aromatic carbocycles. The molecule has 1 spiro atoms. The summed E-state index contributed by atoms with van der Waals surface area (Å²) in [6.07, 6.45) is 6.82. The lowest BCUT2D eigenvalue weighted by atomic mass is 9.74. The van der Waals surface area contributed by atoms with E-state index in [1.54, 1.807) is 29.2 Å². The number of amides is 2. The highest BCUT2D eigenvalue weighted by atomic mass is 19.1. The molecule has 3 heterocycles. The lowest BCUT2D eigenvalue weighted by Gasteiger charge is -2.45. The quantitative estimate of drug-likeness (QED) is 0.680.